The molecule has 2 fully saturated rings. The zero-order chi connectivity index (χ0) is 35.1. The maximum Gasteiger partial charge on any atom is 0.573 e. The van der Waals surface area contributed by atoms with Crippen LogP contribution in [0, 0.1) is 0 Å². The summed E-state index contributed by atoms with van der Waals surface area (Å²) in [4.78, 5) is 23.3. The largest absolute Gasteiger partial charge is 0.573 e. The Kier molecular flexibility index (Phi) is 11.3. The monoisotopic (exact) mass is 692 g/mol. The van der Waals surface area contributed by atoms with Crippen LogP contribution in [-0.2, 0) is 16.7 Å². The van der Waals surface area contributed by atoms with Gasteiger partial charge < -0.3 is 28.6 Å². The van der Waals surface area contributed by atoms with Crippen molar-refractivity contribution in [2.24, 2.45) is 0 Å². The maximum absolute atomic E-state index is 13.8. The number of hydrogen-bond acceptors (Lipinski definition) is 6. The lowest BCUT2D eigenvalue weighted by Gasteiger charge is -2.34. The number of methoxy groups -OCH3 is 1. The Labute approximate surface area is 292 Å². The van der Waals surface area contributed by atoms with E-state index in [0.29, 0.717) is 32.2 Å². The highest BCUT2D eigenvalue weighted by molar-refractivity contribution is 5.97. The number of hydrogen-bond donors (Lipinski definition) is 0. The average molecular weight is 693 g/mol. The first-order valence-corrected chi connectivity index (χ1v) is 17.7. The van der Waals surface area contributed by atoms with Gasteiger partial charge in [0.05, 0.1) is 30.3 Å². The molecule has 0 saturated carbocycles. The molecule has 1 aromatic heterocycles. The number of halogens is 3. The minimum Gasteiger partial charge on any atom is -0.496 e. The fraction of sp³-hybridized carbons (Fsp3) is 0.487. The summed E-state index contributed by atoms with van der Waals surface area (Å²) in [5, 5.41) is 0. The third kappa shape index (κ3) is 8.26. The molecule has 8 nitrogen and oxygen atoms in total. The Bertz CT molecular complexity index is 1720. The number of fused-ring (bicyclic) bond motifs is 1. The van der Waals surface area contributed by atoms with Gasteiger partial charge in [-0.2, -0.15) is 0 Å². The smallest absolute Gasteiger partial charge is 0.496 e. The minimum atomic E-state index is -4.86. The number of carbonyl (C=O) groups excluding carboxylic acids is 1. The van der Waals surface area contributed by atoms with Gasteiger partial charge in [-0.25, -0.2) is 4.98 Å². The van der Waals surface area contributed by atoms with Crippen LogP contribution in [0.5, 0.6) is 11.5 Å². The number of ether oxygens (including phenoxy) is 3. The van der Waals surface area contributed by atoms with E-state index in [9.17, 15) is 18.0 Å². The summed E-state index contributed by atoms with van der Waals surface area (Å²) in [6.45, 7) is 8.03. The second-order valence-corrected chi connectivity index (χ2v) is 13.4. The molecule has 0 aliphatic carbocycles. The molecule has 1 unspecified atom stereocenters. The van der Waals surface area contributed by atoms with E-state index in [1.807, 2.05) is 31.2 Å². The molecule has 0 spiro atoms. The van der Waals surface area contributed by atoms with Gasteiger partial charge in [0.2, 0.25) is 0 Å². The van der Waals surface area contributed by atoms with Crippen molar-refractivity contribution in [3.05, 3.63) is 89.7 Å². The third-order valence-electron chi connectivity index (χ3n) is 10.3. The zero-order valence-electron chi connectivity index (χ0n) is 29.0. The third-order valence-corrected chi connectivity index (χ3v) is 10.3. The molecule has 11 heteroatoms. The highest BCUT2D eigenvalue weighted by atomic mass is 19.4. The molecule has 50 heavy (non-hydrogen) atoms. The van der Waals surface area contributed by atoms with E-state index in [2.05, 4.69) is 44.5 Å². The lowest BCUT2D eigenvalue weighted by Crippen LogP contribution is -2.38. The van der Waals surface area contributed by atoms with Crippen LogP contribution in [0.25, 0.3) is 11.0 Å². The summed E-state index contributed by atoms with van der Waals surface area (Å²) >= 11 is 0. The van der Waals surface area contributed by atoms with Crippen LogP contribution in [-0.4, -0.2) is 84.7 Å². The molecule has 2 aliphatic heterocycles. The number of benzene rings is 3. The molecule has 0 N–H and O–H groups in total. The van der Waals surface area contributed by atoms with Crippen molar-refractivity contribution < 1.29 is 32.2 Å². The Balaban J connectivity index is 1.13. The van der Waals surface area contributed by atoms with Crippen LogP contribution < -0.4 is 9.47 Å². The van der Waals surface area contributed by atoms with E-state index < -0.39 is 12.1 Å². The molecule has 2 aliphatic rings. The molecule has 4 aromatic rings. The molecule has 3 aromatic carbocycles. The van der Waals surface area contributed by atoms with Gasteiger partial charge in [-0.1, -0.05) is 42.5 Å². The molecular formula is C39H47F3N4O4. The SMILES string of the molecule is CCOCCn1c(C2CCCN(CCC3(c4ccccc4)CCN(C(=O)c4cc(OC(F)(F)F)ccc4OC)C3)CCC2)nc2ccccc21. The second kappa shape index (κ2) is 15.9. The Morgan fingerprint density at radius 2 is 1.70 bits per heavy atom. The van der Waals surface area contributed by atoms with Gasteiger partial charge in [-0.3, -0.25) is 4.79 Å². The number of likely N-dealkylation sites (tertiary alicyclic amines) is 2. The fourth-order valence-corrected chi connectivity index (χ4v) is 7.82. The van der Waals surface area contributed by atoms with Crippen LogP contribution in [0.15, 0.2) is 72.8 Å². The second-order valence-electron chi connectivity index (χ2n) is 13.4. The number of nitrogens with zero attached hydrogens (tertiary/aromatic N) is 4. The molecule has 2 saturated heterocycles. The van der Waals surface area contributed by atoms with E-state index in [1.165, 1.54) is 30.1 Å². The number of para-hydroxylation sites is 2. The van der Waals surface area contributed by atoms with Crippen LogP contribution in [0.3, 0.4) is 0 Å². The molecule has 6 rings (SSSR count). The van der Waals surface area contributed by atoms with Crippen molar-refractivity contribution in [2.45, 2.75) is 69.7 Å². The van der Waals surface area contributed by atoms with Crippen molar-refractivity contribution in [1.82, 2.24) is 19.4 Å². The summed E-state index contributed by atoms with van der Waals surface area (Å²) in [6.07, 6.45) is 1.04. The Morgan fingerprint density at radius 3 is 2.42 bits per heavy atom. The number of carbonyl (C=O) groups is 1. The van der Waals surface area contributed by atoms with E-state index in [-0.39, 0.29) is 22.6 Å². The highest BCUT2D eigenvalue weighted by Crippen LogP contribution is 2.40. The molecular weight excluding hydrogens is 645 g/mol. The van der Waals surface area contributed by atoms with Gasteiger partial charge in [0.15, 0.2) is 0 Å². The number of imidazole rings is 1. The van der Waals surface area contributed by atoms with Gasteiger partial charge in [0.25, 0.3) is 5.91 Å². The molecule has 3 heterocycles. The van der Waals surface area contributed by atoms with Crippen LogP contribution in [0.1, 0.15) is 73.1 Å². The lowest BCUT2D eigenvalue weighted by molar-refractivity contribution is -0.274. The quantitative estimate of drug-likeness (QED) is 0.141. The molecule has 0 radical (unpaired) electrons. The van der Waals surface area contributed by atoms with E-state index in [0.717, 1.165) is 82.4 Å². The molecule has 268 valence electrons. The van der Waals surface area contributed by atoms with Gasteiger partial charge in [0, 0.05) is 37.6 Å². The summed E-state index contributed by atoms with van der Waals surface area (Å²) in [5.74, 6) is 0.971. The standard InChI is InChI=1S/C39H47F3N4O4/c1-3-49-26-25-46-34-16-8-7-15-33(34)43-36(46)29-11-9-21-44(22-10-12-29)23-19-38(30-13-5-4-6-14-30)20-24-45(28-38)37(47)32-27-31(50-39(40,41)42)17-18-35(32)48-2/h4-8,13-18,27,29H,3,9-12,19-26,28H2,1-2H3. The van der Waals surface area contributed by atoms with Crippen molar-refractivity contribution in [3.63, 3.8) is 0 Å². The number of aromatic nitrogens is 2. The van der Waals surface area contributed by atoms with Crippen LogP contribution >= 0.6 is 0 Å². The van der Waals surface area contributed by atoms with Crippen LogP contribution in [0.4, 0.5) is 13.2 Å². The summed E-state index contributed by atoms with van der Waals surface area (Å²) in [5.41, 5.74) is 3.17. The van der Waals surface area contributed by atoms with Gasteiger partial charge in [0.1, 0.15) is 17.3 Å². The molecule has 1 amide bonds. The van der Waals surface area contributed by atoms with Crippen LogP contribution in [0.2, 0.25) is 0 Å². The summed E-state index contributed by atoms with van der Waals surface area (Å²) in [6, 6.07) is 22.3. The lowest BCUT2D eigenvalue weighted by atomic mass is 9.76. The predicted molar refractivity (Wildman–Crippen MR) is 187 cm³/mol. The maximum atomic E-state index is 13.8. The molecule has 1 atom stereocenters. The van der Waals surface area contributed by atoms with Crippen molar-refractivity contribution in [2.75, 3.05) is 53.0 Å². The van der Waals surface area contributed by atoms with E-state index in [4.69, 9.17) is 14.5 Å². The number of alkyl halides is 3. The van der Waals surface area contributed by atoms with E-state index in [1.54, 1.807) is 4.90 Å². The van der Waals surface area contributed by atoms with Gasteiger partial charge in [-0.05, 0) is 101 Å². The fourth-order valence-electron chi connectivity index (χ4n) is 7.82. The first-order valence-electron chi connectivity index (χ1n) is 17.7. The predicted octanol–water partition coefficient (Wildman–Crippen LogP) is 7.81. The normalized spacial score (nSPS) is 19.4. The zero-order valence-corrected chi connectivity index (χ0v) is 29.0. The van der Waals surface area contributed by atoms with Gasteiger partial charge in [-0.15, -0.1) is 13.2 Å². The average Bonchev–Trinajstić information content (AvgIpc) is 3.70. The topological polar surface area (TPSA) is 69.1 Å². The summed E-state index contributed by atoms with van der Waals surface area (Å²) < 4.78 is 56.5. The van der Waals surface area contributed by atoms with Crippen molar-refractivity contribution in [1.29, 1.82) is 0 Å². The van der Waals surface area contributed by atoms with Gasteiger partial charge >= 0.3 is 6.36 Å². The first-order chi connectivity index (χ1) is 24.2. The number of amides is 1. The van der Waals surface area contributed by atoms with Crippen molar-refractivity contribution >= 4 is 16.9 Å². The minimum absolute atomic E-state index is 0.0582. The Hall–Kier alpha value is -4.09. The first kappa shape index (κ1) is 35.7. The Morgan fingerprint density at radius 1 is 0.960 bits per heavy atom. The van der Waals surface area contributed by atoms with E-state index >= 15 is 0 Å². The summed E-state index contributed by atoms with van der Waals surface area (Å²) in [7, 11) is 1.40. The number of rotatable bonds is 12. The van der Waals surface area contributed by atoms with Crippen molar-refractivity contribution in [3.8, 4) is 11.5 Å². The molecule has 0 bridgehead atoms. The highest BCUT2D eigenvalue weighted by Gasteiger charge is 2.42.